The Bertz CT molecular complexity index is 878. The summed E-state index contributed by atoms with van der Waals surface area (Å²) < 4.78 is 11.1. The largest absolute Gasteiger partial charge is 0.480 e. The molecule has 0 radical (unpaired) electrons. The van der Waals surface area contributed by atoms with E-state index in [0.717, 1.165) is 16.5 Å². The molecule has 1 N–H and O–H groups in total. The zero-order valence-corrected chi connectivity index (χ0v) is 13.5. The van der Waals surface area contributed by atoms with E-state index >= 15 is 0 Å². The predicted molar refractivity (Wildman–Crippen MR) is 93.2 cm³/mol. The van der Waals surface area contributed by atoms with Gasteiger partial charge in [-0.2, -0.15) is 5.10 Å². The Morgan fingerprint density at radius 2 is 1.96 bits per heavy atom. The van der Waals surface area contributed by atoms with E-state index in [1.54, 1.807) is 13.0 Å². The highest BCUT2D eigenvalue weighted by Crippen LogP contribution is 2.25. The number of fused-ring (bicyclic) bond motifs is 1. The summed E-state index contributed by atoms with van der Waals surface area (Å²) in [4.78, 5) is 12.1. The molecular formula is C19H18N2O3. The lowest BCUT2D eigenvalue weighted by molar-refractivity contribution is -0.127. The molecule has 1 aromatic heterocycles. The number of benzene rings is 2. The molecule has 1 heterocycles. The Balaban J connectivity index is 1.64. The summed E-state index contributed by atoms with van der Waals surface area (Å²) in [7, 11) is 0. The fourth-order valence-electron chi connectivity index (χ4n) is 2.32. The number of ether oxygens (including phenoxy) is 1. The monoisotopic (exact) mass is 322 g/mol. The van der Waals surface area contributed by atoms with Crippen molar-refractivity contribution in [3.05, 3.63) is 66.1 Å². The Morgan fingerprint density at radius 1 is 1.17 bits per heavy atom. The van der Waals surface area contributed by atoms with E-state index in [0.29, 0.717) is 11.5 Å². The molecule has 0 bridgehead atoms. The van der Waals surface area contributed by atoms with Crippen LogP contribution in [0.2, 0.25) is 0 Å². The predicted octanol–water partition coefficient (Wildman–Crippen LogP) is 3.66. The van der Waals surface area contributed by atoms with Crippen molar-refractivity contribution in [2.75, 3.05) is 0 Å². The van der Waals surface area contributed by atoms with Crippen molar-refractivity contribution in [2.45, 2.75) is 20.0 Å². The van der Waals surface area contributed by atoms with Gasteiger partial charge in [0.2, 0.25) is 0 Å². The fraction of sp³-hybridized carbons (Fsp3) is 0.158. The molecule has 5 nitrogen and oxygen atoms in total. The molecule has 0 saturated heterocycles. The molecule has 122 valence electrons. The number of carbonyl (C=O) groups is 1. The van der Waals surface area contributed by atoms with E-state index < -0.39 is 6.10 Å². The summed E-state index contributed by atoms with van der Waals surface area (Å²) in [6, 6.07) is 17.2. The summed E-state index contributed by atoms with van der Waals surface area (Å²) in [6.45, 7) is 3.53. The van der Waals surface area contributed by atoms with E-state index in [1.165, 1.54) is 6.21 Å². The van der Waals surface area contributed by atoms with E-state index in [4.69, 9.17) is 9.15 Å². The Kier molecular flexibility index (Phi) is 4.61. The molecule has 0 fully saturated rings. The third-order valence-corrected chi connectivity index (χ3v) is 3.55. The number of rotatable bonds is 5. The van der Waals surface area contributed by atoms with Crippen LogP contribution in [0, 0.1) is 6.92 Å². The summed E-state index contributed by atoms with van der Waals surface area (Å²) in [5, 5.41) is 5.91. The first-order valence-corrected chi connectivity index (χ1v) is 7.67. The number of hydrogen-bond donors (Lipinski definition) is 1. The number of hydrazone groups is 1. The molecule has 1 amide bonds. The van der Waals surface area contributed by atoms with Crippen LogP contribution in [0.4, 0.5) is 0 Å². The number of amides is 1. The van der Waals surface area contributed by atoms with Gasteiger partial charge in [-0.15, -0.1) is 0 Å². The second-order valence-electron chi connectivity index (χ2n) is 5.42. The maximum atomic E-state index is 12.1. The van der Waals surface area contributed by atoms with Crippen LogP contribution < -0.4 is 10.2 Å². The van der Waals surface area contributed by atoms with Crippen LogP contribution in [0.15, 0.2) is 64.1 Å². The van der Waals surface area contributed by atoms with Gasteiger partial charge in [0.25, 0.3) is 5.91 Å². The van der Waals surface area contributed by atoms with Crippen molar-refractivity contribution < 1.29 is 13.9 Å². The second-order valence-corrected chi connectivity index (χ2v) is 5.42. The number of hydrogen-bond acceptors (Lipinski definition) is 4. The van der Waals surface area contributed by atoms with Crippen molar-refractivity contribution in [3.63, 3.8) is 0 Å². The van der Waals surface area contributed by atoms with E-state index in [9.17, 15) is 4.79 Å². The van der Waals surface area contributed by atoms with Gasteiger partial charge in [-0.3, -0.25) is 4.79 Å². The minimum Gasteiger partial charge on any atom is -0.480 e. The average Bonchev–Trinajstić information content (AvgIpc) is 3.00. The first-order valence-electron chi connectivity index (χ1n) is 7.67. The minimum atomic E-state index is -0.675. The van der Waals surface area contributed by atoms with Gasteiger partial charge in [0.15, 0.2) is 6.10 Å². The van der Waals surface area contributed by atoms with Gasteiger partial charge in [-0.1, -0.05) is 36.4 Å². The zero-order valence-electron chi connectivity index (χ0n) is 13.5. The van der Waals surface area contributed by atoms with Crippen molar-refractivity contribution in [3.8, 4) is 5.75 Å². The summed E-state index contributed by atoms with van der Waals surface area (Å²) in [6.07, 6.45) is 0.779. The van der Waals surface area contributed by atoms with E-state index in [2.05, 4.69) is 10.5 Å². The molecule has 0 unspecified atom stereocenters. The third kappa shape index (κ3) is 3.63. The lowest BCUT2D eigenvalue weighted by Gasteiger charge is -2.14. The van der Waals surface area contributed by atoms with Gasteiger partial charge in [0.05, 0.1) is 6.21 Å². The topological polar surface area (TPSA) is 63.8 Å². The summed E-state index contributed by atoms with van der Waals surface area (Å²) in [5.41, 5.74) is 2.45. The van der Waals surface area contributed by atoms with Crippen LogP contribution in [-0.2, 0) is 4.79 Å². The van der Waals surface area contributed by atoms with Crippen LogP contribution in [0.25, 0.3) is 10.8 Å². The smallest absolute Gasteiger partial charge is 0.280 e. The Hall–Kier alpha value is -3.08. The Morgan fingerprint density at radius 3 is 2.75 bits per heavy atom. The van der Waals surface area contributed by atoms with E-state index in [1.807, 2.05) is 55.5 Å². The highest BCUT2D eigenvalue weighted by molar-refractivity contribution is 5.89. The molecule has 0 saturated carbocycles. The molecule has 3 aromatic rings. The van der Waals surface area contributed by atoms with Crippen LogP contribution in [-0.4, -0.2) is 18.2 Å². The molecule has 2 aromatic carbocycles. The highest BCUT2D eigenvalue weighted by Gasteiger charge is 2.15. The number of carbonyl (C=O) groups excluding carboxylic acids is 1. The molecule has 0 aliphatic rings. The van der Waals surface area contributed by atoms with Crippen molar-refractivity contribution >= 4 is 22.9 Å². The van der Waals surface area contributed by atoms with Crippen LogP contribution in [0.1, 0.15) is 18.4 Å². The maximum absolute atomic E-state index is 12.1. The molecule has 24 heavy (non-hydrogen) atoms. The molecule has 5 heteroatoms. The molecular weight excluding hydrogens is 304 g/mol. The maximum Gasteiger partial charge on any atom is 0.280 e. The SMILES string of the molecule is Cc1ccc(/C=N\NC(=O)[C@H](C)Oc2cccc3ccccc23)o1. The highest BCUT2D eigenvalue weighted by atomic mass is 16.5. The van der Waals surface area contributed by atoms with Gasteiger partial charge >= 0.3 is 0 Å². The number of nitrogens with one attached hydrogen (secondary N) is 1. The molecule has 0 aliphatic heterocycles. The number of aryl methyl sites for hydroxylation is 1. The fourth-order valence-corrected chi connectivity index (χ4v) is 2.32. The first-order chi connectivity index (χ1) is 11.6. The first kappa shape index (κ1) is 15.8. The van der Waals surface area contributed by atoms with Gasteiger partial charge in [0, 0.05) is 5.39 Å². The number of nitrogens with zero attached hydrogens (tertiary/aromatic N) is 1. The van der Waals surface area contributed by atoms with Gasteiger partial charge in [0.1, 0.15) is 17.3 Å². The normalized spacial score (nSPS) is 12.4. The lowest BCUT2D eigenvalue weighted by atomic mass is 10.1. The second kappa shape index (κ2) is 7.00. The van der Waals surface area contributed by atoms with Gasteiger partial charge < -0.3 is 9.15 Å². The van der Waals surface area contributed by atoms with Gasteiger partial charge in [-0.05, 0) is 37.4 Å². The number of furan rings is 1. The quantitative estimate of drug-likeness (QED) is 0.576. The summed E-state index contributed by atoms with van der Waals surface area (Å²) >= 11 is 0. The molecule has 0 spiro atoms. The van der Waals surface area contributed by atoms with Gasteiger partial charge in [-0.25, -0.2) is 5.43 Å². The van der Waals surface area contributed by atoms with Crippen molar-refractivity contribution in [1.29, 1.82) is 0 Å². The van der Waals surface area contributed by atoms with E-state index in [-0.39, 0.29) is 5.91 Å². The molecule has 3 rings (SSSR count). The summed E-state index contributed by atoms with van der Waals surface area (Å²) in [5.74, 6) is 1.70. The third-order valence-electron chi connectivity index (χ3n) is 3.55. The van der Waals surface area contributed by atoms with Crippen LogP contribution >= 0.6 is 0 Å². The standard InChI is InChI=1S/C19H18N2O3/c1-13-10-11-16(23-13)12-20-21-19(22)14(2)24-18-9-5-7-15-6-3-4-8-17(15)18/h3-12,14H,1-2H3,(H,21,22)/b20-12-/t14-/m0/s1. The zero-order chi connectivity index (χ0) is 16.9. The lowest BCUT2D eigenvalue weighted by Crippen LogP contribution is -2.33. The van der Waals surface area contributed by atoms with Crippen LogP contribution in [0.3, 0.4) is 0 Å². The average molecular weight is 322 g/mol. The van der Waals surface area contributed by atoms with Crippen molar-refractivity contribution in [2.24, 2.45) is 5.10 Å². The Labute approximate surface area is 139 Å². The van der Waals surface area contributed by atoms with Crippen LogP contribution in [0.5, 0.6) is 5.75 Å². The van der Waals surface area contributed by atoms with Crippen molar-refractivity contribution in [1.82, 2.24) is 5.43 Å². The molecule has 0 aliphatic carbocycles. The molecule has 1 atom stereocenters. The minimum absolute atomic E-state index is 0.331.